The summed E-state index contributed by atoms with van der Waals surface area (Å²) in [5, 5.41) is 8.63. The lowest BCUT2D eigenvalue weighted by Gasteiger charge is -2.05. The van der Waals surface area contributed by atoms with Gasteiger partial charge in [0.25, 0.3) is 0 Å². The number of hydrogen-bond acceptors (Lipinski definition) is 1. The van der Waals surface area contributed by atoms with E-state index in [-0.39, 0.29) is 6.04 Å². The van der Waals surface area contributed by atoms with Gasteiger partial charge in [0.15, 0.2) is 0 Å². The quantitative estimate of drug-likeness (QED) is 0.607. The van der Waals surface area contributed by atoms with Crippen molar-refractivity contribution in [3.8, 4) is 6.07 Å². The first kappa shape index (κ1) is 6.88. The van der Waals surface area contributed by atoms with Gasteiger partial charge in [0.1, 0.15) is 6.04 Å². The SMILES string of the molecule is CCC(C#N)n1cccc1. The van der Waals surface area contributed by atoms with Crippen molar-refractivity contribution in [2.24, 2.45) is 0 Å². The molecule has 1 aromatic rings. The minimum atomic E-state index is 0.00926. The highest BCUT2D eigenvalue weighted by Gasteiger charge is 2.02. The highest BCUT2D eigenvalue weighted by Crippen LogP contribution is 2.08. The third-order valence-corrected chi connectivity index (χ3v) is 1.52. The smallest absolute Gasteiger partial charge is 0.120 e. The Kier molecular flexibility index (Phi) is 2.11. The summed E-state index contributed by atoms with van der Waals surface area (Å²) in [6.07, 6.45) is 4.69. The average molecular weight is 134 g/mol. The predicted molar refractivity (Wildman–Crippen MR) is 39.4 cm³/mol. The van der Waals surface area contributed by atoms with Crippen LogP contribution in [0.3, 0.4) is 0 Å². The van der Waals surface area contributed by atoms with Crippen LogP contribution in [0.5, 0.6) is 0 Å². The van der Waals surface area contributed by atoms with Gasteiger partial charge >= 0.3 is 0 Å². The third kappa shape index (κ3) is 1.19. The van der Waals surface area contributed by atoms with Crippen LogP contribution in [0.2, 0.25) is 0 Å². The van der Waals surface area contributed by atoms with E-state index in [1.807, 2.05) is 36.0 Å². The summed E-state index contributed by atoms with van der Waals surface area (Å²) in [6.45, 7) is 2.01. The fourth-order valence-electron chi connectivity index (χ4n) is 0.924. The predicted octanol–water partition coefficient (Wildman–Crippen LogP) is 1.96. The number of nitrogens with zero attached hydrogens (tertiary/aromatic N) is 2. The summed E-state index contributed by atoms with van der Waals surface area (Å²) in [7, 11) is 0. The summed E-state index contributed by atoms with van der Waals surface area (Å²) in [6, 6.07) is 6.09. The summed E-state index contributed by atoms with van der Waals surface area (Å²) in [4.78, 5) is 0. The Labute approximate surface area is 60.7 Å². The molecule has 0 saturated carbocycles. The van der Waals surface area contributed by atoms with Crippen molar-refractivity contribution in [2.75, 3.05) is 0 Å². The maximum atomic E-state index is 8.63. The highest BCUT2D eigenvalue weighted by atomic mass is 15.0. The molecule has 0 aliphatic carbocycles. The molecule has 0 N–H and O–H groups in total. The van der Waals surface area contributed by atoms with E-state index in [1.54, 1.807) is 0 Å². The van der Waals surface area contributed by atoms with Crippen LogP contribution in [-0.2, 0) is 0 Å². The molecule has 1 rings (SSSR count). The van der Waals surface area contributed by atoms with Gasteiger partial charge in [-0.15, -0.1) is 0 Å². The largest absolute Gasteiger partial charge is 0.338 e. The van der Waals surface area contributed by atoms with Crippen LogP contribution >= 0.6 is 0 Å². The zero-order valence-corrected chi connectivity index (χ0v) is 5.99. The van der Waals surface area contributed by atoms with Crippen molar-refractivity contribution in [3.05, 3.63) is 24.5 Å². The number of nitriles is 1. The molecule has 0 bridgehead atoms. The summed E-state index contributed by atoms with van der Waals surface area (Å²) in [5.74, 6) is 0. The lowest BCUT2D eigenvalue weighted by Crippen LogP contribution is -2.01. The molecule has 10 heavy (non-hydrogen) atoms. The lowest BCUT2D eigenvalue weighted by molar-refractivity contribution is 0.600. The van der Waals surface area contributed by atoms with Gasteiger partial charge < -0.3 is 4.57 Å². The molecule has 1 aromatic heterocycles. The molecule has 52 valence electrons. The van der Waals surface area contributed by atoms with Crippen LogP contribution in [0.15, 0.2) is 24.5 Å². The van der Waals surface area contributed by atoms with Crippen molar-refractivity contribution in [1.82, 2.24) is 4.57 Å². The molecule has 0 saturated heterocycles. The van der Waals surface area contributed by atoms with Crippen LogP contribution in [0.1, 0.15) is 19.4 Å². The van der Waals surface area contributed by atoms with Crippen molar-refractivity contribution in [2.45, 2.75) is 19.4 Å². The first-order valence-electron chi connectivity index (χ1n) is 3.40. The third-order valence-electron chi connectivity index (χ3n) is 1.52. The van der Waals surface area contributed by atoms with Gasteiger partial charge in [-0.1, -0.05) is 6.92 Å². The maximum absolute atomic E-state index is 8.63. The van der Waals surface area contributed by atoms with Crippen LogP contribution < -0.4 is 0 Å². The summed E-state index contributed by atoms with van der Waals surface area (Å²) in [5.41, 5.74) is 0. The minimum absolute atomic E-state index is 0.00926. The molecule has 0 aliphatic rings. The van der Waals surface area contributed by atoms with Gasteiger partial charge in [0.2, 0.25) is 0 Å². The Balaban J connectivity index is 2.76. The standard InChI is InChI=1S/C8H10N2/c1-2-8(7-9)10-5-3-4-6-10/h3-6,8H,2H2,1H3. The van der Waals surface area contributed by atoms with E-state index in [9.17, 15) is 0 Å². The average Bonchev–Trinajstić information content (AvgIpc) is 2.43. The van der Waals surface area contributed by atoms with Crippen LogP contribution in [0, 0.1) is 11.3 Å². The molecule has 1 atom stereocenters. The van der Waals surface area contributed by atoms with E-state index in [1.165, 1.54) is 0 Å². The van der Waals surface area contributed by atoms with Gasteiger partial charge in [-0.2, -0.15) is 5.26 Å². The molecule has 0 spiro atoms. The normalized spacial score (nSPS) is 12.4. The number of hydrogen-bond donors (Lipinski definition) is 0. The van der Waals surface area contributed by atoms with Crippen LogP contribution in [0.25, 0.3) is 0 Å². The molecule has 0 aliphatic heterocycles. The number of rotatable bonds is 2. The lowest BCUT2D eigenvalue weighted by atomic mass is 10.2. The van der Waals surface area contributed by atoms with Gasteiger partial charge in [-0.05, 0) is 18.6 Å². The molecule has 1 unspecified atom stereocenters. The second-order valence-electron chi connectivity index (χ2n) is 2.18. The van der Waals surface area contributed by atoms with Crippen molar-refractivity contribution in [1.29, 1.82) is 5.26 Å². The fraction of sp³-hybridized carbons (Fsp3) is 0.375. The minimum Gasteiger partial charge on any atom is -0.338 e. The second-order valence-corrected chi connectivity index (χ2v) is 2.18. The Bertz CT molecular complexity index is 218. The Morgan fingerprint density at radius 3 is 2.50 bits per heavy atom. The number of aromatic nitrogens is 1. The highest BCUT2D eigenvalue weighted by molar-refractivity contribution is 4.98. The maximum Gasteiger partial charge on any atom is 0.120 e. The summed E-state index contributed by atoms with van der Waals surface area (Å²) < 4.78 is 1.92. The zero-order valence-electron chi connectivity index (χ0n) is 5.99. The van der Waals surface area contributed by atoms with E-state index in [0.29, 0.717) is 0 Å². The van der Waals surface area contributed by atoms with Crippen LogP contribution in [0.4, 0.5) is 0 Å². The first-order valence-corrected chi connectivity index (χ1v) is 3.40. The molecular formula is C8H10N2. The fourth-order valence-corrected chi connectivity index (χ4v) is 0.924. The Hall–Kier alpha value is -1.23. The van der Waals surface area contributed by atoms with Crippen molar-refractivity contribution < 1.29 is 0 Å². The molecule has 0 fully saturated rings. The molecule has 2 heteroatoms. The van der Waals surface area contributed by atoms with E-state index in [0.717, 1.165) is 6.42 Å². The van der Waals surface area contributed by atoms with E-state index < -0.39 is 0 Å². The van der Waals surface area contributed by atoms with Gasteiger partial charge in [-0.3, -0.25) is 0 Å². The molecule has 2 nitrogen and oxygen atoms in total. The van der Waals surface area contributed by atoms with Gasteiger partial charge in [-0.25, -0.2) is 0 Å². The van der Waals surface area contributed by atoms with Crippen molar-refractivity contribution in [3.63, 3.8) is 0 Å². The van der Waals surface area contributed by atoms with Crippen molar-refractivity contribution >= 4 is 0 Å². The topological polar surface area (TPSA) is 28.7 Å². The van der Waals surface area contributed by atoms with Crippen LogP contribution in [-0.4, -0.2) is 4.57 Å². The van der Waals surface area contributed by atoms with Gasteiger partial charge in [0.05, 0.1) is 6.07 Å². The molecular weight excluding hydrogens is 124 g/mol. The molecule has 1 heterocycles. The Morgan fingerprint density at radius 2 is 2.10 bits per heavy atom. The van der Waals surface area contributed by atoms with E-state index >= 15 is 0 Å². The van der Waals surface area contributed by atoms with E-state index in [4.69, 9.17) is 5.26 Å². The second kappa shape index (κ2) is 3.07. The molecule has 0 aromatic carbocycles. The molecule has 0 radical (unpaired) electrons. The molecule has 0 amide bonds. The first-order chi connectivity index (χ1) is 4.88. The monoisotopic (exact) mass is 134 g/mol. The Morgan fingerprint density at radius 1 is 1.50 bits per heavy atom. The zero-order chi connectivity index (χ0) is 7.40. The van der Waals surface area contributed by atoms with E-state index in [2.05, 4.69) is 6.07 Å². The summed E-state index contributed by atoms with van der Waals surface area (Å²) >= 11 is 0. The van der Waals surface area contributed by atoms with Gasteiger partial charge in [0, 0.05) is 12.4 Å².